The van der Waals surface area contributed by atoms with Crippen LogP contribution in [0.15, 0.2) is 24.3 Å². The molecule has 1 aromatic carbocycles. The van der Waals surface area contributed by atoms with Gasteiger partial charge < -0.3 is 20.3 Å². The van der Waals surface area contributed by atoms with Gasteiger partial charge in [-0.1, -0.05) is 12.1 Å². The van der Waals surface area contributed by atoms with E-state index in [1.54, 1.807) is 13.1 Å². The molecule has 1 aliphatic rings. The van der Waals surface area contributed by atoms with E-state index in [0.29, 0.717) is 18.8 Å². The number of nitrogens with zero attached hydrogens (tertiary/aromatic N) is 1. The van der Waals surface area contributed by atoms with Gasteiger partial charge in [-0.2, -0.15) is 0 Å². The van der Waals surface area contributed by atoms with E-state index >= 15 is 0 Å². The molecule has 1 aromatic rings. The minimum atomic E-state index is -0.642. The number of urea groups is 1. The molecule has 0 aliphatic carbocycles. The number of fused-ring (bicyclic) bond motifs is 1. The van der Waals surface area contributed by atoms with E-state index in [-0.39, 0.29) is 18.2 Å². The number of benzene rings is 1. The zero-order valence-electron chi connectivity index (χ0n) is 13.1. The quantitative estimate of drug-likeness (QED) is 0.716. The van der Waals surface area contributed by atoms with Gasteiger partial charge in [0.05, 0.1) is 12.2 Å². The molecule has 1 atom stereocenters. The molecule has 0 aromatic heterocycles. The molecule has 0 unspecified atom stereocenters. The van der Waals surface area contributed by atoms with Gasteiger partial charge in [0, 0.05) is 27.1 Å². The number of anilines is 1. The Kier molecular flexibility index (Phi) is 5.40. The van der Waals surface area contributed by atoms with E-state index in [0.717, 1.165) is 5.69 Å². The Hall–Kier alpha value is -2.77. The summed E-state index contributed by atoms with van der Waals surface area (Å²) < 4.78 is 5.69. The van der Waals surface area contributed by atoms with Crippen molar-refractivity contribution in [3.63, 3.8) is 0 Å². The zero-order valence-corrected chi connectivity index (χ0v) is 13.1. The summed E-state index contributed by atoms with van der Waals surface area (Å²) in [5.74, 6) is -0.0109. The van der Waals surface area contributed by atoms with E-state index in [4.69, 9.17) is 4.74 Å². The minimum Gasteiger partial charge on any atom is -0.477 e. The summed E-state index contributed by atoms with van der Waals surface area (Å²) in [4.78, 5) is 36.6. The van der Waals surface area contributed by atoms with Crippen molar-refractivity contribution >= 4 is 23.5 Å². The molecule has 3 N–H and O–H groups in total. The Balaban J connectivity index is 2.06. The molecule has 4 amide bonds. The fraction of sp³-hybridized carbons (Fsp3) is 0.400. The molecule has 1 heterocycles. The second-order valence-corrected chi connectivity index (χ2v) is 5.01. The van der Waals surface area contributed by atoms with Crippen molar-refractivity contribution in [2.75, 3.05) is 32.1 Å². The Morgan fingerprint density at radius 2 is 1.96 bits per heavy atom. The SMILES string of the molecule is CNC(=O)NC(=O)CCN1C[C@H](C(=O)NC)Oc2ccccc21. The van der Waals surface area contributed by atoms with Crippen molar-refractivity contribution in [1.82, 2.24) is 16.0 Å². The molecular formula is C15H20N4O4. The van der Waals surface area contributed by atoms with Gasteiger partial charge in [-0.15, -0.1) is 0 Å². The van der Waals surface area contributed by atoms with Gasteiger partial charge in [-0.25, -0.2) is 4.79 Å². The summed E-state index contributed by atoms with van der Waals surface area (Å²) in [6.07, 6.45) is -0.515. The standard InChI is InChI=1S/C15H20N4O4/c1-16-14(21)12-9-19(8-7-13(20)18-15(22)17-2)10-5-3-4-6-11(10)23-12/h3-6,12H,7-9H2,1-2H3,(H,16,21)(H2,17,18,20,22)/t12-/m1/s1. The third-order valence-corrected chi connectivity index (χ3v) is 3.49. The summed E-state index contributed by atoms with van der Waals surface area (Å²) in [6.45, 7) is 0.709. The van der Waals surface area contributed by atoms with Crippen LogP contribution in [0.5, 0.6) is 5.75 Å². The van der Waals surface area contributed by atoms with E-state index in [9.17, 15) is 14.4 Å². The second kappa shape index (κ2) is 7.48. The van der Waals surface area contributed by atoms with Gasteiger partial charge >= 0.3 is 6.03 Å². The highest BCUT2D eigenvalue weighted by molar-refractivity contribution is 5.94. The predicted molar refractivity (Wildman–Crippen MR) is 84.4 cm³/mol. The first-order valence-corrected chi connectivity index (χ1v) is 7.29. The van der Waals surface area contributed by atoms with Gasteiger partial charge in [0.25, 0.3) is 5.91 Å². The number of carbonyl (C=O) groups is 3. The zero-order chi connectivity index (χ0) is 16.8. The minimum absolute atomic E-state index is 0.127. The van der Waals surface area contributed by atoms with Crippen molar-refractivity contribution in [2.24, 2.45) is 0 Å². The number of para-hydroxylation sites is 2. The second-order valence-electron chi connectivity index (χ2n) is 5.01. The van der Waals surface area contributed by atoms with Gasteiger partial charge in [0.2, 0.25) is 5.91 Å². The Morgan fingerprint density at radius 1 is 1.22 bits per heavy atom. The number of hydrogen-bond donors (Lipinski definition) is 3. The van der Waals surface area contributed by atoms with Crippen LogP contribution in [-0.4, -0.2) is 51.1 Å². The molecular weight excluding hydrogens is 300 g/mol. The van der Waals surface area contributed by atoms with Crippen LogP contribution in [0.3, 0.4) is 0 Å². The maximum absolute atomic E-state index is 11.8. The molecule has 0 saturated heterocycles. The maximum atomic E-state index is 11.8. The van der Waals surface area contributed by atoms with E-state index in [2.05, 4.69) is 16.0 Å². The van der Waals surface area contributed by atoms with Crippen LogP contribution in [0.2, 0.25) is 0 Å². The average molecular weight is 320 g/mol. The predicted octanol–water partition coefficient (Wildman–Crippen LogP) is -0.154. The monoisotopic (exact) mass is 320 g/mol. The Morgan fingerprint density at radius 3 is 2.65 bits per heavy atom. The molecule has 1 aliphatic heterocycles. The summed E-state index contributed by atoms with van der Waals surface area (Å²) >= 11 is 0. The lowest BCUT2D eigenvalue weighted by molar-refractivity contribution is -0.127. The maximum Gasteiger partial charge on any atom is 0.321 e. The van der Waals surface area contributed by atoms with E-state index in [1.807, 2.05) is 23.1 Å². The van der Waals surface area contributed by atoms with Crippen LogP contribution in [-0.2, 0) is 9.59 Å². The van der Waals surface area contributed by atoms with Gasteiger partial charge in [0.1, 0.15) is 5.75 Å². The van der Waals surface area contributed by atoms with Crippen LogP contribution in [0.1, 0.15) is 6.42 Å². The molecule has 23 heavy (non-hydrogen) atoms. The Bertz CT molecular complexity index is 605. The molecule has 0 fully saturated rings. The summed E-state index contributed by atoms with van der Waals surface area (Å²) in [5.41, 5.74) is 0.820. The topological polar surface area (TPSA) is 99.8 Å². The number of ether oxygens (including phenoxy) is 1. The molecule has 8 heteroatoms. The van der Waals surface area contributed by atoms with E-state index < -0.39 is 12.1 Å². The van der Waals surface area contributed by atoms with Gasteiger partial charge in [0.15, 0.2) is 6.10 Å². The number of amides is 4. The molecule has 0 bridgehead atoms. The third-order valence-electron chi connectivity index (χ3n) is 3.49. The fourth-order valence-electron chi connectivity index (χ4n) is 2.30. The first-order chi connectivity index (χ1) is 11.0. The number of likely N-dealkylation sites (N-methyl/N-ethyl adjacent to an activating group) is 1. The number of carbonyl (C=O) groups excluding carboxylic acids is 3. The number of imide groups is 1. The summed E-state index contributed by atoms with van der Waals surface area (Å²) in [5, 5.41) is 7.10. The number of hydrogen-bond acceptors (Lipinski definition) is 5. The van der Waals surface area contributed by atoms with Crippen molar-refractivity contribution in [3.8, 4) is 5.75 Å². The molecule has 0 spiro atoms. The highest BCUT2D eigenvalue weighted by atomic mass is 16.5. The van der Waals surface area contributed by atoms with Crippen molar-refractivity contribution in [1.29, 1.82) is 0 Å². The molecule has 2 rings (SSSR count). The van der Waals surface area contributed by atoms with Crippen LogP contribution in [0, 0.1) is 0 Å². The van der Waals surface area contributed by atoms with Gasteiger partial charge in [-0.3, -0.25) is 14.9 Å². The smallest absolute Gasteiger partial charge is 0.321 e. The first-order valence-electron chi connectivity index (χ1n) is 7.29. The summed E-state index contributed by atoms with van der Waals surface area (Å²) in [7, 11) is 2.99. The van der Waals surface area contributed by atoms with E-state index in [1.165, 1.54) is 7.05 Å². The van der Waals surface area contributed by atoms with Crippen molar-refractivity contribution < 1.29 is 19.1 Å². The van der Waals surface area contributed by atoms with Crippen molar-refractivity contribution in [3.05, 3.63) is 24.3 Å². The normalized spacial score (nSPS) is 15.9. The first kappa shape index (κ1) is 16.6. The van der Waals surface area contributed by atoms with Crippen LogP contribution < -0.4 is 25.6 Å². The molecule has 0 radical (unpaired) electrons. The van der Waals surface area contributed by atoms with Crippen LogP contribution in [0.25, 0.3) is 0 Å². The summed E-state index contributed by atoms with van der Waals surface area (Å²) in [6, 6.07) is 6.79. The fourth-order valence-corrected chi connectivity index (χ4v) is 2.30. The lowest BCUT2D eigenvalue weighted by Gasteiger charge is -2.35. The third kappa shape index (κ3) is 4.12. The lowest BCUT2D eigenvalue weighted by Crippen LogP contribution is -2.49. The molecule has 124 valence electrons. The largest absolute Gasteiger partial charge is 0.477 e. The van der Waals surface area contributed by atoms with Gasteiger partial charge in [-0.05, 0) is 12.1 Å². The Labute approximate surface area is 134 Å². The molecule has 8 nitrogen and oxygen atoms in total. The lowest BCUT2D eigenvalue weighted by atomic mass is 10.1. The van der Waals surface area contributed by atoms with Crippen LogP contribution >= 0.6 is 0 Å². The van der Waals surface area contributed by atoms with Crippen molar-refractivity contribution in [2.45, 2.75) is 12.5 Å². The van der Waals surface area contributed by atoms with Crippen LogP contribution in [0.4, 0.5) is 10.5 Å². The average Bonchev–Trinajstić information content (AvgIpc) is 2.58. The highest BCUT2D eigenvalue weighted by Crippen LogP contribution is 2.33. The highest BCUT2D eigenvalue weighted by Gasteiger charge is 2.30. The number of nitrogens with one attached hydrogen (secondary N) is 3. The molecule has 0 saturated carbocycles. The number of rotatable bonds is 4.